The van der Waals surface area contributed by atoms with Crippen molar-refractivity contribution < 1.29 is 14.3 Å². The van der Waals surface area contributed by atoms with E-state index in [2.05, 4.69) is 14.9 Å². The molecule has 1 amide bonds. The molecule has 0 saturated carbocycles. The maximum atomic E-state index is 13.1. The van der Waals surface area contributed by atoms with Crippen molar-refractivity contribution in [2.45, 2.75) is 26.2 Å². The van der Waals surface area contributed by atoms with Crippen molar-refractivity contribution in [3.05, 3.63) is 17.5 Å². The van der Waals surface area contributed by atoms with Gasteiger partial charge in [0.05, 0.1) is 31.1 Å². The van der Waals surface area contributed by atoms with E-state index in [1.54, 1.807) is 13.3 Å². The van der Waals surface area contributed by atoms with E-state index in [1.807, 2.05) is 11.8 Å². The predicted molar refractivity (Wildman–Crippen MR) is 97.4 cm³/mol. The van der Waals surface area contributed by atoms with Gasteiger partial charge >= 0.3 is 0 Å². The molecule has 0 radical (unpaired) electrons. The van der Waals surface area contributed by atoms with Crippen LogP contribution in [0.3, 0.4) is 0 Å². The first-order valence-electron chi connectivity index (χ1n) is 9.57. The van der Waals surface area contributed by atoms with Crippen LogP contribution in [0.2, 0.25) is 0 Å². The van der Waals surface area contributed by atoms with Crippen molar-refractivity contribution >= 4 is 11.9 Å². The highest BCUT2D eigenvalue weighted by Gasteiger charge is 2.52. The van der Waals surface area contributed by atoms with Crippen molar-refractivity contribution in [3.63, 3.8) is 0 Å². The number of hydrogen-bond acceptors (Lipinski definition) is 6. The fourth-order valence-electron chi connectivity index (χ4n) is 4.56. The second kappa shape index (κ2) is 7.12. The van der Waals surface area contributed by atoms with Gasteiger partial charge in [0.1, 0.15) is 0 Å². The normalized spacial score (nSPS) is 28.5. The van der Waals surface area contributed by atoms with E-state index in [9.17, 15) is 4.79 Å². The Balaban J connectivity index is 1.50. The molecule has 0 aromatic carbocycles. The molecular weight excluding hydrogens is 332 g/mol. The summed E-state index contributed by atoms with van der Waals surface area (Å²) >= 11 is 0. The second-order valence-electron chi connectivity index (χ2n) is 7.91. The third-order valence-electron chi connectivity index (χ3n) is 6.08. The first kappa shape index (κ1) is 17.7. The van der Waals surface area contributed by atoms with Crippen LogP contribution >= 0.6 is 0 Å². The number of hydrogen-bond donors (Lipinski definition) is 0. The summed E-state index contributed by atoms with van der Waals surface area (Å²) in [6, 6.07) is 0. The number of aryl methyl sites for hydroxylation is 1. The lowest BCUT2D eigenvalue weighted by atomic mass is 9.82. The van der Waals surface area contributed by atoms with Crippen LogP contribution in [-0.4, -0.2) is 73.9 Å². The summed E-state index contributed by atoms with van der Waals surface area (Å²) in [6.07, 6.45) is 5.35. The van der Waals surface area contributed by atoms with Crippen LogP contribution in [0, 0.1) is 18.3 Å². The van der Waals surface area contributed by atoms with Gasteiger partial charge in [-0.1, -0.05) is 0 Å². The zero-order valence-corrected chi connectivity index (χ0v) is 15.7. The number of piperidine rings is 1. The number of carbonyl (C=O) groups is 1. The van der Waals surface area contributed by atoms with Crippen molar-refractivity contribution in [1.82, 2.24) is 14.9 Å². The number of nitrogens with zero attached hydrogens (tertiary/aromatic N) is 4. The van der Waals surface area contributed by atoms with Crippen LogP contribution in [0.1, 0.15) is 35.3 Å². The van der Waals surface area contributed by atoms with Crippen LogP contribution in [0.25, 0.3) is 0 Å². The number of likely N-dealkylation sites (tertiary alicyclic amines) is 1. The smallest absolute Gasteiger partial charge is 0.257 e. The molecule has 3 aliphatic heterocycles. The summed E-state index contributed by atoms with van der Waals surface area (Å²) < 4.78 is 11.1. The van der Waals surface area contributed by atoms with Crippen molar-refractivity contribution in [2.75, 3.05) is 58.0 Å². The Labute approximate surface area is 154 Å². The Hall–Kier alpha value is -1.73. The zero-order valence-electron chi connectivity index (χ0n) is 15.7. The third-order valence-corrected chi connectivity index (χ3v) is 6.08. The van der Waals surface area contributed by atoms with Crippen LogP contribution in [0.15, 0.2) is 6.20 Å². The Morgan fingerprint density at radius 2 is 2.19 bits per heavy atom. The Morgan fingerprint density at radius 3 is 2.92 bits per heavy atom. The number of methoxy groups -OCH3 is 1. The molecular formula is C19H28N4O3. The molecule has 7 nitrogen and oxygen atoms in total. The molecule has 1 aromatic heterocycles. The van der Waals surface area contributed by atoms with Crippen LogP contribution in [0.5, 0.6) is 0 Å². The van der Waals surface area contributed by atoms with E-state index in [0.717, 1.165) is 31.3 Å². The molecule has 3 aliphatic rings. The monoisotopic (exact) mass is 360 g/mol. The molecule has 3 saturated heterocycles. The average Bonchev–Trinajstić information content (AvgIpc) is 3.19. The molecule has 0 unspecified atom stereocenters. The van der Waals surface area contributed by atoms with Gasteiger partial charge in [0, 0.05) is 50.8 Å². The number of carbonyl (C=O) groups excluding carboxylic acids is 1. The minimum atomic E-state index is -0.0626. The van der Waals surface area contributed by atoms with E-state index in [0.29, 0.717) is 37.8 Å². The molecule has 4 heterocycles. The standard InChI is InChI=1S/C19H28N4O3/c1-14-16(8-20-18(21-14)22-6-4-3-5-7-22)17(24)23-9-15-10-26-13-19(15,11-23)12-25-2/h8,15H,3-7,9-13H2,1-2H3/t15-,19-/m0/s1. The summed E-state index contributed by atoms with van der Waals surface area (Å²) in [5, 5.41) is 0. The van der Waals surface area contributed by atoms with E-state index in [-0.39, 0.29) is 11.3 Å². The minimum Gasteiger partial charge on any atom is -0.384 e. The third kappa shape index (κ3) is 3.07. The molecule has 7 heteroatoms. The lowest BCUT2D eigenvalue weighted by Gasteiger charge is -2.27. The Kier molecular flexibility index (Phi) is 4.84. The van der Waals surface area contributed by atoms with E-state index >= 15 is 0 Å². The average molecular weight is 360 g/mol. The molecule has 0 aliphatic carbocycles. The lowest BCUT2D eigenvalue weighted by molar-refractivity contribution is 0.0488. The van der Waals surface area contributed by atoms with Gasteiger partial charge in [-0.3, -0.25) is 4.79 Å². The van der Waals surface area contributed by atoms with Crippen LogP contribution in [0.4, 0.5) is 5.95 Å². The molecule has 26 heavy (non-hydrogen) atoms. The highest BCUT2D eigenvalue weighted by atomic mass is 16.5. The van der Waals surface area contributed by atoms with Gasteiger partial charge in [0.15, 0.2) is 0 Å². The molecule has 4 rings (SSSR count). The van der Waals surface area contributed by atoms with Gasteiger partial charge in [0.25, 0.3) is 5.91 Å². The SMILES string of the molecule is COC[C@@]12COC[C@@H]1CN(C(=O)c1cnc(N3CCCCC3)nc1C)C2. The highest BCUT2D eigenvalue weighted by molar-refractivity contribution is 5.95. The van der Waals surface area contributed by atoms with Crippen LogP contribution < -0.4 is 4.90 Å². The van der Waals surface area contributed by atoms with Crippen molar-refractivity contribution in [3.8, 4) is 0 Å². The van der Waals surface area contributed by atoms with Gasteiger partial charge in [0.2, 0.25) is 5.95 Å². The van der Waals surface area contributed by atoms with Crippen molar-refractivity contribution in [1.29, 1.82) is 0 Å². The maximum absolute atomic E-state index is 13.1. The quantitative estimate of drug-likeness (QED) is 0.811. The number of fused-ring (bicyclic) bond motifs is 1. The minimum absolute atomic E-state index is 0.0255. The van der Waals surface area contributed by atoms with Gasteiger partial charge in [-0.15, -0.1) is 0 Å². The number of ether oxygens (including phenoxy) is 2. The van der Waals surface area contributed by atoms with E-state index in [4.69, 9.17) is 9.47 Å². The first-order valence-corrected chi connectivity index (χ1v) is 9.57. The molecule has 0 N–H and O–H groups in total. The zero-order chi connectivity index (χ0) is 18.1. The molecule has 0 spiro atoms. The summed E-state index contributed by atoms with van der Waals surface area (Å²) in [5.74, 6) is 1.12. The summed E-state index contributed by atoms with van der Waals surface area (Å²) in [5.41, 5.74) is 1.31. The van der Waals surface area contributed by atoms with E-state index in [1.165, 1.54) is 19.3 Å². The fraction of sp³-hybridized carbons (Fsp3) is 0.737. The maximum Gasteiger partial charge on any atom is 0.257 e. The van der Waals surface area contributed by atoms with Gasteiger partial charge in [-0.2, -0.15) is 0 Å². The first-order chi connectivity index (χ1) is 12.6. The predicted octanol–water partition coefficient (Wildman–Crippen LogP) is 1.51. The number of aromatic nitrogens is 2. The largest absolute Gasteiger partial charge is 0.384 e. The number of amides is 1. The number of anilines is 1. The molecule has 1 aromatic rings. The van der Waals surface area contributed by atoms with Crippen molar-refractivity contribution in [2.24, 2.45) is 11.3 Å². The summed E-state index contributed by atoms with van der Waals surface area (Å²) in [4.78, 5) is 26.4. The summed E-state index contributed by atoms with van der Waals surface area (Å²) in [6.45, 7) is 7.31. The number of rotatable bonds is 4. The topological polar surface area (TPSA) is 67.8 Å². The molecule has 142 valence electrons. The second-order valence-corrected chi connectivity index (χ2v) is 7.91. The molecule has 2 atom stereocenters. The fourth-order valence-corrected chi connectivity index (χ4v) is 4.56. The van der Waals surface area contributed by atoms with Gasteiger partial charge < -0.3 is 19.3 Å². The Morgan fingerprint density at radius 1 is 1.38 bits per heavy atom. The van der Waals surface area contributed by atoms with E-state index < -0.39 is 0 Å². The van der Waals surface area contributed by atoms with Gasteiger partial charge in [-0.25, -0.2) is 9.97 Å². The van der Waals surface area contributed by atoms with Gasteiger partial charge in [-0.05, 0) is 26.2 Å². The molecule has 0 bridgehead atoms. The lowest BCUT2D eigenvalue weighted by Crippen LogP contribution is -2.37. The summed E-state index contributed by atoms with van der Waals surface area (Å²) in [7, 11) is 1.71. The molecule has 3 fully saturated rings. The Bertz CT molecular complexity index is 677. The van der Waals surface area contributed by atoms with Crippen LogP contribution in [-0.2, 0) is 9.47 Å². The highest BCUT2D eigenvalue weighted by Crippen LogP contribution is 2.42.